The largest absolute Gasteiger partial charge is 0.253 e. The van der Waals surface area contributed by atoms with Gasteiger partial charge in [-0.05, 0) is 36.1 Å². The maximum Gasteiger partial charge on any atom is 0.250 e. The first-order valence-electron chi connectivity index (χ1n) is 7.92. The molecule has 0 spiro atoms. The molecular formula is C17H16N4O2S2. The second-order valence-electron chi connectivity index (χ2n) is 5.72. The van der Waals surface area contributed by atoms with Crippen molar-refractivity contribution in [1.29, 1.82) is 0 Å². The highest BCUT2D eigenvalue weighted by Crippen LogP contribution is 2.36. The van der Waals surface area contributed by atoms with Crippen LogP contribution in [-0.2, 0) is 10.0 Å². The molecule has 1 aromatic carbocycles. The molecule has 0 bridgehead atoms. The summed E-state index contributed by atoms with van der Waals surface area (Å²) in [6.45, 7) is 1.64. The Balaban J connectivity index is 1.78. The summed E-state index contributed by atoms with van der Waals surface area (Å²) in [5, 5.41) is 6.42. The third kappa shape index (κ3) is 2.91. The quantitative estimate of drug-likeness (QED) is 0.705. The van der Waals surface area contributed by atoms with Crippen molar-refractivity contribution in [2.45, 2.75) is 19.4 Å². The molecule has 0 N–H and O–H groups in total. The molecule has 0 radical (unpaired) electrons. The lowest BCUT2D eigenvalue weighted by molar-refractivity contribution is 0.372. The van der Waals surface area contributed by atoms with Crippen LogP contribution in [0.3, 0.4) is 0 Å². The van der Waals surface area contributed by atoms with Gasteiger partial charge in [0.25, 0.3) is 0 Å². The molecule has 3 aromatic rings. The van der Waals surface area contributed by atoms with Crippen LogP contribution in [0.4, 0.5) is 0 Å². The molecule has 0 saturated heterocycles. The van der Waals surface area contributed by atoms with Gasteiger partial charge in [0, 0.05) is 18.8 Å². The highest BCUT2D eigenvalue weighted by molar-refractivity contribution is 7.89. The summed E-state index contributed by atoms with van der Waals surface area (Å²) in [5.74, 6) is 0.0120. The fourth-order valence-electron chi connectivity index (χ4n) is 2.90. The van der Waals surface area contributed by atoms with Gasteiger partial charge in [-0.15, -0.1) is 11.3 Å². The molecule has 2 aromatic heterocycles. The first-order valence-corrected chi connectivity index (χ1v) is 10.4. The molecule has 1 aliphatic rings. The van der Waals surface area contributed by atoms with Crippen molar-refractivity contribution in [2.75, 3.05) is 5.75 Å². The SMILES string of the molecule is CCS(=O)(=O)N1N=C(c2cccs2)C[C@@H]1c1ccc2nccnc2c1. The molecule has 0 fully saturated rings. The molecule has 128 valence electrons. The smallest absolute Gasteiger partial charge is 0.250 e. The van der Waals surface area contributed by atoms with Gasteiger partial charge in [0.1, 0.15) is 0 Å². The number of fused-ring (bicyclic) bond motifs is 1. The van der Waals surface area contributed by atoms with Crippen molar-refractivity contribution in [3.8, 4) is 0 Å². The predicted molar refractivity (Wildman–Crippen MR) is 99.1 cm³/mol. The summed E-state index contributed by atoms with van der Waals surface area (Å²) in [7, 11) is -3.46. The third-order valence-electron chi connectivity index (χ3n) is 4.21. The minimum Gasteiger partial charge on any atom is -0.253 e. The Labute approximate surface area is 149 Å². The fourth-order valence-corrected chi connectivity index (χ4v) is 4.70. The van der Waals surface area contributed by atoms with Crippen molar-refractivity contribution in [1.82, 2.24) is 14.4 Å². The van der Waals surface area contributed by atoms with Gasteiger partial charge < -0.3 is 0 Å². The van der Waals surface area contributed by atoms with Crippen molar-refractivity contribution >= 4 is 38.1 Å². The van der Waals surface area contributed by atoms with Crippen LogP contribution in [0.5, 0.6) is 0 Å². The number of hydrazone groups is 1. The third-order valence-corrected chi connectivity index (χ3v) is 6.76. The van der Waals surface area contributed by atoms with Crippen molar-refractivity contribution < 1.29 is 8.42 Å². The van der Waals surface area contributed by atoms with Crippen LogP contribution in [0.25, 0.3) is 11.0 Å². The molecule has 25 heavy (non-hydrogen) atoms. The van der Waals surface area contributed by atoms with Crippen LogP contribution >= 0.6 is 11.3 Å². The van der Waals surface area contributed by atoms with Gasteiger partial charge >= 0.3 is 0 Å². The van der Waals surface area contributed by atoms with E-state index < -0.39 is 10.0 Å². The van der Waals surface area contributed by atoms with Crippen LogP contribution in [0.1, 0.15) is 29.8 Å². The number of nitrogens with zero attached hydrogens (tertiary/aromatic N) is 4. The zero-order chi connectivity index (χ0) is 17.4. The molecular weight excluding hydrogens is 356 g/mol. The molecule has 0 saturated carbocycles. The predicted octanol–water partition coefficient (Wildman–Crippen LogP) is 3.19. The Bertz CT molecular complexity index is 1050. The normalized spacial score (nSPS) is 17.9. The molecule has 8 heteroatoms. The summed E-state index contributed by atoms with van der Waals surface area (Å²) in [4.78, 5) is 9.59. The first kappa shape index (κ1) is 16.2. The molecule has 1 atom stereocenters. The number of benzene rings is 1. The van der Waals surface area contributed by atoms with Crippen LogP contribution in [-0.4, -0.2) is 34.3 Å². The number of hydrogen-bond donors (Lipinski definition) is 0. The molecule has 1 aliphatic heterocycles. The summed E-state index contributed by atoms with van der Waals surface area (Å²) in [6, 6.07) is 9.24. The lowest BCUT2D eigenvalue weighted by atomic mass is 10.0. The Kier molecular flexibility index (Phi) is 4.01. The number of aromatic nitrogens is 2. The summed E-state index contributed by atoms with van der Waals surface area (Å²) in [5.41, 5.74) is 3.21. The Morgan fingerprint density at radius 3 is 2.72 bits per heavy atom. The lowest BCUT2D eigenvalue weighted by Gasteiger charge is -2.22. The minimum absolute atomic E-state index is 0.0120. The molecule has 6 nitrogen and oxygen atoms in total. The zero-order valence-electron chi connectivity index (χ0n) is 13.5. The molecule has 0 aliphatic carbocycles. The van der Waals surface area contributed by atoms with E-state index in [0.29, 0.717) is 6.42 Å². The van der Waals surface area contributed by atoms with E-state index in [1.54, 1.807) is 30.7 Å². The van der Waals surface area contributed by atoms with Gasteiger partial charge in [-0.25, -0.2) is 8.42 Å². The number of sulfonamides is 1. The highest BCUT2D eigenvalue weighted by atomic mass is 32.2. The van der Waals surface area contributed by atoms with Gasteiger partial charge in [0.15, 0.2) is 0 Å². The van der Waals surface area contributed by atoms with E-state index in [0.717, 1.165) is 27.2 Å². The van der Waals surface area contributed by atoms with Crippen LogP contribution in [0.15, 0.2) is 53.2 Å². The Morgan fingerprint density at radius 2 is 2.00 bits per heavy atom. The average molecular weight is 372 g/mol. The molecule has 3 heterocycles. The monoisotopic (exact) mass is 372 g/mol. The second-order valence-corrected chi connectivity index (χ2v) is 8.78. The maximum atomic E-state index is 12.6. The van der Waals surface area contributed by atoms with E-state index in [-0.39, 0.29) is 11.8 Å². The van der Waals surface area contributed by atoms with Crippen LogP contribution in [0.2, 0.25) is 0 Å². The second kappa shape index (κ2) is 6.20. The Morgan fingerprint density at radius 1 is 1.20 bits per heavy atom. The lowest BCUT2D eigenvalue weighted by Crippen LogP contribution is -2.28. The van der Waals surface area contributed by atoms with Crippen LogP contribution in [0, 0.1) is 0 Å². The topological polar surface area (TPSA) is 75.5 Å². The van der Waals surface area contributed by atoms with Crippen molar-refractivity contribution in [2.24, 2.45) is 5.10 Å². The number of thiophene rings is 1. The Hall–Kier alpha value is -2.32. The average Bonchev–Trinajstić information content (AvgIpc) is 3.31. The highest BCUT2D eigenvalue weighted by Gasteiger charge is 2.36. The molecule has 0 unspecified atom stereocenters. The fraction of sp³-hybridized carbons (Fsp3) is 0.235. The molecule has 4 rings (SSSR count). The summed E-state index contributed by atoms with van der Waals surface area (Å²) >= 11 is 1.57. The zero-order valence-corrected chi connectivity index (χ0v) is 15.2. The van der Waals surface area contributed by atoms with Crippen molar-refractivity contribution in [3.05, 3.63) is 58.5 Å². The maximum absolute atomic E-state index is 12.6. The van der Waals surface area contributed by atoms with Crippen LogP contribution < -0.4 is 0 Å². The van der Waals surface area contributed by atoms with E-state index in [1.807, 2.05) is 35.7 Å². The molecule has 0 amide bonds. The van der Waals surface area contributed by atoms with E-state index in [9.17, 15) is 8.42 Å². The summed E-state index contributed by atoms with van der Waals surface area (Å²) in [6.07, 6.45) is 3.82. The van der Waals surface area contributed by atoms with E-state index in [2.05, 4.69) is 15.1 Å². The standard InChI is InChI=1S/C17H16N4O2S2/c1-2-25(22,23)21-16(11-15(20-21)17-4-3-9-24-17)12-5-6-13-14(10-12)19-8-7-18-13/h3-10,16H,2,11H2,1H3/t16-/m1/s1. The van der Waals surface area contributed by atoms with Gasteiger partial charge in [-0.1, -0.05) is 12.1 Å². The summed E-state index contributed by atoms with van der Waals surface area (Å²) < 4.78 is 26.4. The van der Waals surface area contributed by atoms with E-state index >= 15 is 0 Å². The van der Waals surface area contributed by atoms with Gasteiger partial charge in [-0.2, -0.15) is 9.52 Å². The number of hydrogen-bond acceptors (Lipinski definition) is 6. The first-order chi connectivity index (χ1) is 12.1. The minimum atomic E-state index is -3.46. The number of rotatable bonds is 4. The van der Waals surface area contributed by atoms with Gasteiger partial charge in [0.2, 0.25) is 10.0 Å². The van der Waals surface area contributed by atoms with E-state index in [1.165, 1.54) is 4.41 Å². The van der Waals surface area contributed by atoms with Crippen molar-refractivity contribution in [3.63, 3.8) is 0 Å². The van der Waals surface area contributed by atoms with Gasteiger partial charge in [0.05, 0.1) is 33.4 Å². The van der Waals surface area contributed by atoms with Gasteiger partial charge in [-0.3, -0.25) is 9.97 Å². The van der Waals surface area contributed by atoms with E-state index in [4.69, 9.17) is 0 Å².